The van der Waals surface area contributed by atoms with E-state index in [1.54, 1.807) is 14.2 Å². The van der Waals surface area contributed by atoms with Gasteiger partial charge in [0.15, 0.2) is 11.5 Å². The molecule has 4 heteroatoms. The number of para-hydroxylation sites is 1. The number of benzene rings is 1. The van der Waals surface area contributed by atoms with E-state index >= 15 is 0 Å². The van der Waals surface area contributed by atoms with Gasteiger partial charge in [0, 0.05) is 25.8 Å². The van der Waals surface area contributed by atoms with E-state index in [4.69, 9.17) is 20.6 Å². The molecule has 0 heterocycles. The lowest BCUT2D eigenvalue weighted by Crippen LogP contribution is -2.19. The van der Waals surface area contributed by atoms with Crippen molar-refractivity contribution in [3.8, 4) is 23.8 Å². The van der Waals surface area contributed by atoms with Crippen LogP contribution in [0.25, 0.3) is 0 Å². The number of hydrogen-bond donors (Lipinski definition) is 1. The molecule has 18 heavy (non-hydrogen) atoms. The number of hydrogen-bond acceptors (Lipinski definition) is 4. The SMILES string of the molecule is C#CCOc1c(CNCCOC)cccc1OC. The lowest BCUT2D eigenvalue weighted by atomic mass is 10.2. The zero-order chi connectivity index (χ0) is 13.2. The van der Waals surface area contributed by atoms with Crippen LogP contribution in [0.3, 0.4) is 0 Å². The van der Waals surface area contributed by atoms with Crippen molar-refractivity contribution in [1.82, 2.24) is 5.32 Å². The van der Waals surface area contributed by atoms with Crippen molar-refractivity contribution in [3.05, 3.63) is 23.8 Å². The van der Waals surface area contributed by atoms with Crippen LogP contribution in [-0.4, -0.2) is 34.0 Å². The summed E-state index contributed by atoms with van der Waals surface area (Å²) >= 11 is 0. The Morgan fingerprint density at radius 3 is 2.83 bits per heavy atom. The highest BCUT2D eigenvalue weighted by atomic mass is 16.5. The molecule has 0 amide bonds. The number of ether oxygens (including phenoxy) is 3. The van der Waals surface area contributed by atoms with Gasteiger partial charge in [0.2, 0.25) is 0 Å². The zero-order valence-corrected chi connectivity index (χ0v) is 10.9. The second kappa shape index (κ2) is 8.40. The largest absolute Gasteiger partial charge is 0.493 e. The molecule has 0 aromatic heterocycles. The Labute approximate surface area is 108 Å². The van der Waals surface area contributed by atoms with Gasteiger partial charge in [-0.25, -0.2) is 0 Å². The van der Waals surface area contributed by atoms with Crippen molar-refractivity contribution in [2.45, 2.75) is 6.54 Å². The maximum absolute atomic E-state index is 5.53. The van der Waals surface area contributed by atoms with E-state index in [1.807, 2.05) is 18.2 Å². The van der Waals surface area contributed by atoms with E-state index in [-0.39, 0.29) is 6.61 Å². The second-order valence-corrected chi connectivity index (χ2v) is 3.61. The van der Waals surface area contributed by atoms with Gasteiger partial charge in [-0.15, -0.1) is 6.42 Å². The fraction of sp³-hybridized carbons (Fsp3) is 0.429. The average Bonchev–Trinajstić information content (AvgIpc) is 2.41. The highest BCUT2D eigenvalue weighted by molar-refractivity contribution is 5.46. The summed E-state index contributed by atoms with van der Waals surface area (Å²) in [5.74, 6) is 3.84. The van der Waals surface area contributed by atoms with E-state index in [0.717, 1.165) is 12.1 Å². The average molecular weight is 249 g/mol. The maximum Gasteiger partial charge on any atom is 0.167 e. The normalized spacial score (nSPS) is 9.83. The summed E-state index contributed by atoms with van der Waals surface area (Å²) < 4.78 is 15.8. The Morgan fingerprint density at radius 1 is 1.33 bits per heavy atom. The summed E-state index contributed by atoms with van der Waals surface area (Å²) in [5.41, 5.74) is 1.01. The Kier molecular flexibility index (Phi) is 6.70. The molecule has 1 aromatic rings. The van der Waals surface area contributed by atoms with E-state index in [1.165, 1.54) is 0 Å². The molecule has 1 rings (SSSR count). The molecule has 0 aliphatic heterocycles. The van der Waals surface area contributed by atoms with Gasteiger partial charge in [-0.1, -0.05) is 18.1 Å². The van der Waals surface area contributed by atoms with Crippen LogP contribution in [-0.2, 0) is 11.3 Å². The van der Waals surface area contributed by atoms with Crippen LogP contribution < -0.4 is 14.8 Å². The molecule has 0 saturated heterocycles. The summed E-state index contributed by atoms with van der Waals surface area (Å²) in [6.45, 7) is 2.36. The second-order valence-electron chi connectivity index (χ2n) is 3.61. The first-order valence-electron chi connectivity index (χ1n) is 5.75. The summed E-state index contributed by atoms with van der Waals surface area (Å²) in [7, 11) is 3.29. The summed E-state index contributed by atoms with van der Waals surface area (Å²) in [6.07, 6.45) is 5.21. The van der Waals surface area contributed by atoms with Crippen LogP contribution in [0, 0.1) is 12.3 Å². The van der Waals surface area contributed by atoms with Crippen molar-refractivity contribution in [3.63, 3.8) is 0 Å². The van der Waals surface area contributed by atoms with Crippen LogP contribution >= 0.6 is 0 Å². The first kappa shape index (κ1) is 14.4. The molecular formula is C14H19NO3. The molecule has 1 aromatic carbocycles. The zero-order valence-electron chi connectivity index (χ0n) is 10.9. The molecule has 0 saturated carbocycles. The number of rotatable bonds is 8. The molecule has 1 N–H and O–H groups in total. The summed E-state index contributed by atoms with van der Waals surface area (Å²) in [4.78, 5) is 0. The molecule has 0 aliphatic rings. The Bertz CT molecular complexity index is 399. The predicted molar refractivity (Wildman–Crippen MR) is 70.9 cm³/mol. The van der Waals surface area contributed by atoms with Crippen LogP contribution in [0.15, 0.2) is 18.2 Å². The highest BCUT2D eigenvalue weighted by Gasteiger charge is 2.09. The minimum absolute atomic E-state index is 0.228. The molecule has 0 radical (unpaired) electrons. The molecule has 98 valence electrons. The van der Waals surface area contributed by atoms with Crippen LogP contribution in [0.1, 0.15) is 5.56 Å². The van der Waals surface area contributed by atoms with Crippen molar-refractivity contribution in [2.75, 3.05) is 34.0 Å². The maximum atomic E-state index is 5.53. The van der Waals surface area contributed by atoms with Gasteiger partial charge in [0.25, 0.3) is 0 Å². The Balaban J connectivity index is 2.72. The number of terminal acetylenes is 1. The van der Waals surface area contributed by atoms with E-state index < -0.39 is 0 Å². The van der Waals surface area contributed by atoms with Gasteiger partial charge in [0.05, 0.1) is 13.7 Å². The van der Waals surface area contributed by atoms with Gasteiger partial charge in [0.1, 0.15) is 6.61 Å². The molecule has 0 unspecified atom stereocenters. The molecule has 0 atom stereocenters. The summed E-state index contributed by atoms with van der Waals surface area (Å²) in [5, 5.41) is 3.26. The quantitative estimate of drug-likeness (QED) is 0.559. The third-order valence-electron chi connectivity index (χ3n) is 2.38. The molecule has 0 bridgehead atoms. The third-order valence-corrected chi connectivity index (χ3v) is 2.38. The minimum atomic E-state index is 0.228. The monoisotopic (exact) mass is 249 g/mol. The minimum Gasteiger partial charge on any atom is -0.493 e. The van der Waals surface area contributed by atoms with E-state index in [9.17, 15) is 0 Å². The van der Waals surface area contributed by atoms with Gasteiger partial charge in [-0.3, -0.25) is 0 Å². The van der Waals surface area contributed by atoms with Crippen LogP contribution in [0.2, 0.25) is 0 Å². The number of methoxy groups -OCH3 is 2. The lowest BCUT2D eigenvalue weighted by Gasteiger charge is -2.14. The van der Waals surface area contributed by atoms with E-state index in [0.29, 0.717) is 24.7 Å². The van der Waals surface area contributed by atoms with Gasteiger partial charge in [-0.2, -0.15) is 0 Å². The predicted octanol–water partition coefficient (Wildman–Crippen LogP) is 1.44. The lowest BCUT2D eigenvalue weighted by molar-refractivity contribution is 0.199. The topological polar surface area (TPSA) is 39.7 Å². The van der Waals surface area contributed by atoms with Gasteiger partial charge >= 0.3 is 0 Å². The fourth-order valence-electron chi connectivity index (χ4n) is 1.54. The summed E-state index contributed by atoms with van der Waals surface area (Å²) in [6, 6.07) is 5.76. The van der Waals surface area contributed by atoms with E-state index in [2.05, 4.69) is 11.2 Å². The van der Waals surface area contributed by atoms with Crippen molar-refractivity contribution in [2.24, 2.45) is 0 Å². The molecular weight excluding hydrogens is 230 g/mol. The molecule has 0 spiro atoms. The number of nitrogens with one attached hydrogen (secondary N) is 1. The molecule has 0 aliphatic carbocycles. The molecule has 0 fully saturated rings. The van der Waals surface area contributed by atoms with Gasteiger partial charge < -0.3 is 19.5 Å². The van der Waals surface area contributed by atoms with Crippen molar-refractivity contribution in [1.29, 1.82) is 0 Å². The fourth-order valence-corrected chi connectivity index (χ4v) is 1.54. The van der Waals surface area contributed by atoms with Crippen molar-refractivity contribution >= 4 is 0 Å². The smallest absolute Gasteiger partial charge is 0.167 e. The van der Waals surface area contributed by atoms with Crippen molar-refractivity contribution < 1.29 is 14.2 Å². The first-order chi connectivity index (χ1) is 8.83. The Morgan fingerprint density at radius 2 is 2.17 bits per heavy atom. The molecule has 4 nitrogen and oxygen atoms in total. The van der Waals surface area contributed by atoms with Gasteiger partial charge in [-0.05, 0) is 6.07 Å². The van der Waals surface area contributed by atoms with Crippen LogP contribution in [0.5, 0.6) is 11.5 Å². The highest BCUT2D eigenvalue weighted by Crippen LogP contribution is 2.30. The standard InChI is InChI=1S/C14H19NO3/c1-4-9-18-14-12(11-15-8-10-16-2)6-5-7-13(14)17-3/h1,5-7,15H,8-11H2,2-3H3. The first-order valence-corrected chi connectivity index (χ1v) is 5.75. The third kappa shape index (κ3) is 4.28. The van der Waals surface area contributed by atoms with Crippen LogP contribution in [0.4, 0.5) is 0 Å². The Hall–Kier alpha value is -1.70.